The fourth-order valence-corrected chi connectivity index (χ4v) is 1.97. The Morgan fingerprint density at radius 3 is 2.78 bits per heavy atom. The summed E-state index contributed by atoms with van der Waals surface area (Å²) in [6, 6.07) is 0. The summed E-state index contributed by atoms with van der Waals surface area (Å²) in [7, 11) is 0. The van der Waals surface area contributed by atoms with Gasteiger partial charge in [-0.25, -0.2) is 0 Å². The summed E-state index contributed by atoms with van der Waals surface area (Å²) in [5.41, 5.74) is 6.09. The lowest BCUT2D eigenvalue weighted by molar-refractivity contribution is -0.129. The lowest BCUT2D eigenvalue weighted by Crippen LogP contribution is -2.33. The molecule has 2 heterocycles. The fraction of sp³-hybridized carbons (Fsp3) is 0.545. The molecule has 98 valence electrons. The minimum absolute atomic E-state index is 0.0883. The topological polar surface area (TPSA) is 104 Å². The first kappa shape index (κ1) is 12.4. The molecule has 0 spiro atoms. The Morgan fingerprint density at radius 1 is 1.44 bits per heavy atom. The van der Waals surface area contributed by atoms with Gasteiger partial charge in [0.1, 0.15) is 5.69 Å². The second-order valence-electron chi connectivity index (χ2n) is 4.29. The van der Waals surface area contributed by atoms with E-state index in [0.717, 1.165) is 25.9 Å². The molecule has 7 heteroatoms. The molecule has 1 aromatic heterocycles. The van der Waals surface area contributed by atoms with Crippen LogP contribution < -0.4 is 11.1 Å². The first-order chi connectivity index (χ1) is 8.68. The van der Waals surface area contributed by atoms with E-state index in [0.29, 0.717) is 18.7 Å². The van der Waals surface area contributed by atoms with Gasteiger partial charge in [-0.1, -0.05) is 0 Å². The van der Waals surface area contributed by atoms with Crippen molar-refractivity contribution in [1.82, 2.24) is 20.4 Å². The van der Waals surface area contributed by atoms with Gasteiger partial charge >= 0.3 is 0 Å². The van der Waals surface area contributed by atoms with E-state index >= 15 is 0 Å². The number of carbonyl (C=O) groups is 2. The van der Waals surface area contributed by atoms with Crippen LogP contribution in [0.15, 0.2) is 6.20 Å². The number of nitrogen functional groups attached to an aromatic ring is 1. The van der Waals surface area contributed by atoms with Crippen molar-refractivity contribution in [2.24, 2.45) is 0 Å². The molecular formula is C11H17N5O2. The highest BCUT2D eigenvalue weighted by Gasteiger charge is 2.18. The summed E-state index contributed by atoms with van der Waals surface area (Å²) in [5, 5.41) is 8.82. The molecule has 18 heavy (non-hydrogen) atoms. The number of likely N-dealkylation sites (tertiary alicyclic amines) is 1. The Kier molecular flexibility index (Phi) is 3.81. The molecular weight excluding hydrogens is 234 g/mol. The zero-order chi connectivity index (χ0) is 13.0. The number of nitrogens with one attached hydrogen (secondary N) is 2. The zero-order valence-electron chi connectivity index (χ0n) is 10.1. The number of amides is 2. The van der Waals surface area contributed by atoms with Crippen molar-refractivity contribution in [3.63, 3.8) is 0 Å². The first-order valence-electron chi connectivity index (χ1n) is 6.03. The van der Waals surface area contributed by atoms with Crippen LogP contribution in [0, 0.1) is 0 Å². The molecule has 0 saturated carbocycles. The minimum atomic E-state index is -0.334. The van der Waals surface area contributed by atoms with E-state index in [4.69, 9.17) is 5.73 Å². The van der Waals surface area contributed by atoms with Crippen molar-refractivity contribution in [2.75, 3.05) is 25.4 Å². The maximum atomic E-state index is 11.7. The standard InChI is InChI=1S/C11H17N5O2/c12-8-7-14-15-10(8)11(18)13-4-3-9(17)16-5-1-2-6-16/h7H,1-6,12H2,(H,13,18)(H,14,15). The maximum absolute atomic E-state index is 11.7. The van der Waals surface area contributed by atoms with Gasteiger partial charge in [0.25, 0.3) is 5.91 Å². The number of carbonyl (C=O) groups excluding carboxylic acids is 2. The summed E-state index contributed by atoms with van der Waals surface area (Å²) >= 11 is 0. The number of hydrogen-bond acceptors (Lipinski definition) is 4. The molecule has 1 aliphatic rings. The molecule has 0 aromatic carbocycles. The number of aromatic nitrogens is 2. The van der Waals surface area contributed by atoms with Crippen molar-refractivity contribution < 1.29 is 9.59 Å². The number of anilines is 1. The Balaban J connectivity index is 1.73. The van der Waals surface area contributed by atoms with Gasteiger partial charge in [-0.2, -0.15) is 5.10 Å². The SMILES string of the molecule is Nc1cn[nH]c1C(=O)NCCC(=O)N1CCCC1. The lowest BCUT2D eigenvalue weighted by atomic mass is 10.3. The number of nitrogens with zero attached hydrogens (tertiary/aromatic N) is 2. The van der Waals surface area contributed by atoms with Gasteiger partial charge in [-0.05, 0) is 12.8 Å². The molecule has 1 saturated heterocycles. The molecule has 1 fully saturated rings. The van der Waals surface area contributed by atoms with Crippen LogP contribution in [0.4, 0.5) is 5.69 Å². The summed E-state index contributed by atoms with van der Waals surface area (Å²) in [6.07, 6.45) is 3.84. The Hall–Kier alpha value is -2.05. The van der Waals surface area contributed by atoms with Gasteiger partial charge in [-0.15, -0.1) is 0 Å². The molecule has 4 N–H and O–H groups in total. The fourth-order valence-electron chi connectivity index (χ4n) is 1.97. The maximum Gasteiger partial charge on any atom is 0.271 e. The van der Waals surface area contributed by atoms with Crippen LogP contribution in [0.5, 0.6) is 0 Å². The Labute approximate surface area is 105 Å². The van der Waals surface area contributed by atoms with Crippen molar-refractivity contribution in [1.29, 1.82) is 0 Å². The molecule has 1 aliphatic heterocycles. The number of nitrogens with two attached hydrogens (primary N) is 1. The number of aromatic amines is 1. The van der Waals surface area contributed by atoms with Crippen LogP contribution in [0.25, 0.3) is 0 Å². The molecule has 0 radical (unpaired) electrons. The Bertz CT molecular complexity index is 436. The molecule has 1 aromatic rings. The van der Waals surface area contributed by atoms with Gasteiger partial charge < -0.3 is 16.0 Å². The average Bonchev–Trinajstić information content (AvgIpc) is 2.99. The zero-order valence-corrected chi connectivity index (χ0v) is 10.1. The highest BCUT2D eigenvalue weighted by atomic mass is 16.2. The second kappa shape index (κ2) is 5.52. The molecule has 7 nitrogen and oxygen atoms in total. The summed E-state index contributed by atoms with van der Waals surface area (Å²) in [6.45, 7) is 1.98. The van der Waals surface area contributed by atoms with E-state index in [1.807, 2.05) is 4.90 Å². The molecule has 0 unspecified atom stereocenters. The summed E-state index contributed by atoms with van der Waals surface area (Å²) < 4.78 is 0. The smallest absolute Gasteiger partial charge is 0.271 e. The van der Waals surface area contributed by atoms with E-state index in [-0.39, 0.29) is 17.5 Å². The van der Waals surface area contributed by atoms with Crippen LogP contribution in [0.3, 0.4) is 0 Å². The third-order valence-corrected chi connectivity index (χ3v) is 2.98. The van der Waals surface area contributed by atoms with Crippen LogP contribution in [0.1, 0.15) is 29.8 Å². The van der Waals surface area contributed by atoms with Crippen molar-refractivity contribution in [3.05, 3.63) is 11.9 Å². The van der Waals surface area contributed by atoms with Crippen molar-refractivity contribution in [2.45, 2.75) is 19.3 Å². The summed E-state index contributed by atoms with van der Waals surface area (Å²) in [5.74, 6) is -0.246. The number of rotatable bonds is 4. The summed E-state index contributed by atoms with van der Waals surface area (Å²) in [4.78, 5) is 25.2. The van der Waals surface area contributed by atoms with E-state index in [2.05, 4.69) is 15.5 Å². The van der Waals surface area contributed by atoms with Crippen LogP contribution >= 0.6 is 0 Å². The van der Waals surface area contributed by atoms with Crippen molar-refractivity contribution >= 4 is 17.5 Å². The predicted octanol–water partition coefficient (Wildman–Crippen LogP) is -0.266. The first-order valence-corrected chi connectivity index (χ1v) is 6.03. The number of H-pyrrole nitrogens is 1. The van der Waals surface area contributed by atoms with Crippen molar-refractivity contribution in [3.8, 4) is 0 Å². The monoisotopic (exact) mass is 251 g/mol. The highest BCUT2D eigenvalue weighted by molar-refractivity contribution is 5.97. The van der Waals surface area contributed by atoms with Crippen LogP contribution in [-0.2, 0) is 4.79 Å². The third kappa shape index (κ3) is 2.79. The lowest BCUT2D eigenvalue weighted by Gasteiger charge is -2.15. The molecule has 0 atom stereocenters. The van der Waals surface area contributed by atoms with E-state index in [9.17, 15) is 9.59 Å². The molecule has 0 aliphatic carbocycles. The second-order valence-corrected chi connectivity index (χ2v) is 4.29. The highest BCUT2D eigenvalue weighted by Crippen LogP contribution is 2.09. The van der Waals surface area contributed by atoms with Gasteiger partial charge in [0.15, 0.2) is 0 Å². The quantitative estimate of drug-likeness (QED) is 0.685. The van der Waals surface area contributed by atoms with Gasteiger partial charge in [0, 0.05) is 26.1 Å². The number of hydrogen-bond donors (Lipinski definition) is 3. The van der Waals surface area contributed by atoms with Gasteiger partial charge in [0.05, 0.1) is 11.9 Å². The average molecular weight is 251 g/mol. The normalized spacial score (nSPS) is 14.8. The third-order valence-electron chi connectivity index (χ3n) is 2.98. The van der Waals surface area contributed by atoms with E-state index < -0.39 is 0 Å². The largest absolute Gasteiger partial charge is 0.396 e. The molecule has 2 amide bonds. The predicted molar refractivity (Wildman–Crippen MR) is 65.8 cm³/mol. The van der Waals surface area contributed by atoms with Crippen LogP contribution in [0.2, 0.25) is 0 Å². The van der Waals surface area contributed by atoms with E-state index in [1.54, 1.807) is 0 Å². The molecule has 0 bridgehead atoms. The van der Waals surface area contributed by atoms with Gasteiger partial charge in [-0.3, -0.25) is 14.7 Å². The Morgan fingerprint density at radius 2 is 2.17 bits per heavy atom. The molecule has 2 rings (SSSR count). The van der Waals surface area contributed by atoms with Crippen LogP contribution in [-0.4, -0.2) is 46.5 Å². The van der Waals surface area contributed by atoms with Gasteiger partial charge in [0.2, 0.25) is 5.91 Å². The minimum Gasteiger partial charge on any atom is -0.396 e. The van der Waals surface area contributed by atoms with E-state index in [1.165, 1.54) is 6.20 Å².